The number of nitrogens with zero attached hydrogens (tertiary/aromatic N) is 1. The first kappa shape index (κ1) is 34.9. The Kier molecular flexibility index (Phi) is 10.4. The summed E-state index contributed by atoms with van der Waals surface area (Å²) in [6.07, 6.45) is 7.94. The molecule has 0 bridgehead atoms. The first-order chi connectivity index (χ1) is 20.9. The number of hydrogen-bond donors (Lipinski definition) is 1. The van der Waals surface area contributed by atoms with Gasteiger partial charge in [0.1, 0.15) is 5.75 Å². The summed E-state index contributed by atoms with van der Waals surface area (Å²) in [7, 11) is 0. The smallest absolute Gasteiger partial charge is 0.162 e. The van der Waals surface area contributed by atoms with E-state index in [-0.39, 0.29) is 54.3 Å². The third kappa shape index (κ3) is 6.23. The summed E-state index contributed by atoms with van der Waals surface area (Å²) in [6, 6.07) is 16.5. The maximum absolute atomic E-state index is 11.7. The van der Waals surface area contributed by atoms with Crippen LogP contribution in [0.15, 0.2) is 54.4 Å². The topological polar surface area (TPSA) is 59.4 Å². The molecule has 6 rings (SSSR count). The maximum atomic E-state index is 11.7. The Bertz CT molecular complexity index is 1760. The Morgan fingerprint density at radius 2 is 1.62 bits per heavy atom. The molecule has 0 unspecified atom stereocenters. The van der Waals surface area contributed by atoms with Crippen LogP contribution < -0.4 is 4.74 Å². The molecule has 1 N–H and O–H groups in total. The molecule has 0 amide bonds. The van der Waals surface area contributed by atoms with Crippen LogP contribution in [0.1, 0.15) is 104 Å². The Hall–Kier alpha value is -3.01. The minimum atomic E-state index is 0. The van der Waals surface area contributed by atoms with E-state index in [1.165, 1.54) is 28.0 Å². The number of pyridine rings is 1. The summed E-state index contributed by atoms with van der Waals surface area (Å²) in [5.41, 5.74) is 6.08. The second kappa shape index (κ2) is 13.4. The van der Waals surface area contributed by atoms with Crippen LogP contribution in [0, 0.1) is 24.8 Å². The molecular weight excluding hydrogens is 735 g/mol. The summed E-state index contributed by atoms with van der Waals surface area (Å²) in [6.45, 7) is 19.6. The summed E-state index contributed by atoms with van der Waals surface area (Å²) >= 11 is 0. The van der Waals surface area contributed by atoms with Gasteiger partial charge in [0, 0.05) is 60.9 Å². The Morgan fingerprint density at radius 1 is 0.978 bits per heavy atom. The molecule has 2 heterocycles. The van der Waals surface area contributed by atoms with Crippen LogP contribution in [0.4, 0.5) is 0 Å². The molecular formula is C40H48IrNO3-. The number of ketones is 1. The van der Waals surface area contributed by atoms with Gasteiger partial charge in [-0.1, -0.05) is 96.2 Å². The fraction of sp³-hybridized carbons (Fsp3) is 0.450. The molecule has 0 spiro atoms. The molecule has 4 nitrogen and oxygen atoms in total. The first-order valence-corrected chi connectivity index (χ1v) is 16.4. The van der Waals surface area contributed by atoms with Crippen molar-refractivity contribution in [3.8, 4) is 22.8 Å². The van der Waals surface area contributed by atoms with E-state index in [1.54, 1.807) is 0 Å². The van der Waals surface area contributed by atoms with Crippen molar-refractivity contribution in [3.05, 3.63) is 77.2 Å². The van der Waals surface area contributed by atoms with Crippen molar-refractivity contribution in [2.24, 2.45) is 11.8 Å². The molecule has 1 radical (unpaired) electrons. The second-order valence-electron chi connectivity index (χ2n) is 13.9. The van der Waals surface area contributed by atoms with Gasteiger partial charge < -0.3 is 9.84 Å². The van der Waals surface area contributed by atoms with Gasteiger partial charge >= 0.3 is 0 Å². The molecule has 5 heteroatoms. The molecule has 0 saturated carbocycles. The van der Waals surface area contributed by atoms with Crippen molar-refractivity contribution in [1.82, 2.24) is 4.98 Å². The normalized spacial score (nSPS) is 15.7. The van der Waals surface area contributed by atoms with Gasteiger partial charge in [-0.25, -0.2) is 0 Å². The fourth-order valence-corrected chi connectivity index (χ4v) is 7.69. The fourth-order valence-electron chi connectivity index (χ4n) is 7.69. The number of ether oxygens (including phenoxy) is 1. The van der Waals surface area contributed by atoms with Gasteiger partial charge in [-0.05, 0) is 66.9 Å². The third-order valence-corrected chi connectivity index (χ3v) is 9.98. The predicted molar refractivity (Wildman–Crippen MR) is 183 cm³/mol. The van der Waals surface area contributed by atoms with Crippen LogP contribution in [-0.4, -0.2) is 15.9 Å². The van der Waals surface area contributed by atoms with E-state index in [1.807, 2.05) is 33.9 Å². The quantitative estimate of drug-likeness (QED) is 0.101. The second-order valence-corrected chi connectivity index (χ2v) is 13.9. The molecule has 1 aliphatic carbocycles. The molecule has 3 aromatic carbocycles. The molecule has 241 valence electrons. The zero-order valence-electron chi connectivity index (χ0n) is 28.4. The molecule has 4 aromatic rings. The van der Waals surface area contributed by atoms with Crippen LogP contribution in [0.25, 0.3) is 32.8 Å². The first-order valence-electron chi connectivity index (χ1n) is 16.4. The van der Waals surface area contributed by atoms with Gasteiger partial charge in [0.25, 0.3) is 0 Å². The maximum Gasteiger partial charge on any atom is 0.162 e. The number of allylic oxidation sites excluding steroid dienone is 2. The van der Waals surface area contributed by atoms with Crippen molar-refractivity contribution >= 4 is 27.3 Å². The van der Waals surface area contributed by atoms with E-state index in [2.05, 4.69) is 77.1 Å². The average molecular weight is 783 g/mol. The van der Waals surface area contributed by atoms with E-state index in [9.17, 15) is 9.90 Å². The standard InChI is InChI=1S/C27H24NO.C13H24O2.Ir/c1-15-18-9-7-6-8-16(18)12-19-23-21-17(10-11-28-23)13-20-22(25(21)29-24(15)19)27(4,5)14-26(20,2)3;1-5-10(6-2)12(14)9-13(15)11(7-3)8-4;/h6-11,13H,14H2,1-5H3;9-11,14H,5-8H2,1-4H3;/q-1;;/b;12-9-;. The van der Waals surface area contributed by atoms with Gasteiger partial charge in [-0.2, -0.15) is 0 Å². The molecule has 45 heavy (non-hydrogen) atoms. The van der Waals surface area contributed by atoms with E-state index in [4.69, 9.17) is 9.72 Å². The number of aryl methyl sites for hydroxylation is 1. The van der Waals surface area contributed by atoms with Crippen LogP contribution in [0.3, 0.4) is 0 Å². The number of fused-ring (bicyclic) bond motifs is 5. The van der Waals surface area contributed by atoms with Gasteiger partial charge in [0.2, 0.25) is 0 Å². The van der Waals surface area contributed by atoms with Crippen LogP contribution in [-0.2, 0) is 35.7 Å². The zero-order valence-corrected chi connectivity index (χ0v) is 30.7. The Morgan fingerprint density at radius 3 is 2.27 bits per heavy atom. The van der Waals surface area contributed by atoms with Crippen LogP contribution in [0.5, 0.6) is 11.5 Å². The van der Waals surface area contributed by atoms with Gasteiger partial charge in [-0.15, -0.1) is 17.5 Å². The SMILES string of the molecule is CCC(CC)C(=O)/C=C(\O)C(CC)CC.Cc1c2c([c-]c3ccccc13)-c1nccc3cc4c(c(c13)O2)C(C)(C)CC4(C)C.[Ir]. The minimum Gasteiger partial charge on any atom is -0.512 e. The van der Waals surface area contributed by atoms with Crippen molar-refractivity contribution in [3.63, 3.8) is 0 Å². The van der Waals surface area contributed by atoms with E-state index < -0.39 is 0 Å². The predicted octanol–water partition coefficient (Wildman–Crippen LogP) is 11.1. The molecule has 1 aliphatic heterocycles. The number of aliphatic hydroxyl groups excluding tert-OH is 1. The van der Waals surface area contributed by atoms with Crippen LogP contribution in [0.2, 0.25) is 0 Å². The zero-order chi connectivity index (χ0) is 32.0. The van der Waals surface area contributed by atoms with Crippen molar-refractivity contribution in [2.45, 2.75) is 105 Å². The summed E-state index contributed by atoms with van der Waals surface area (Å²) < 4.78 is 6.79. The van der Waals surface area contributed by atoms with E-state index >= 15 is 0 Å². The largest absolute Gasteiger partial charge is 0.512 e. The monoisotopic (exact) mass is 783 g/mol. The minimum absolute atomic E-state index is 0. The summed E-state index contributed by atoms with van der Waals surface area (Å²) in [5, 5.41) is 14.4. The Balaban J connectivity index is 0.000000249. The van der Waals surface area contributed by atoms with Crippen molar-refractivity contribution < 1.29 is 34.7 Å². The average Bonchev–Trinajstić information content (AvgIpc) is 3.18. The summed E-state index contributed by atoms with van der Waals surface area (Å²) in [5.74, 6) is 2.46. The van der Waals surface area contributed by atoms with Gasteiger partial charge in [0.05, 0.1) is 11.5 Å². The number of rotatable bonds is 7. The van der Waals surface area contributed by atoms with Crippen LogP contribution >= 0.6 is 0 Å². The van der Waals surface area contributed by atoms with Crippen molar-refractivity contribution in [1.29, 1.82) is 0 Å². The molecule has 1 aromatic heterocycles. The van der Waals surface area contributed by atoms with Gasteiger partial charge in [0.15, 0.2) is 5.78 Å². The number of aliphatic hydroxyl groups is 1. The number of benzene rings is 3. The number of hydrogen-bond acceptors (Lipinski definition) is 4. The number of carbonyl (C=O) groups is 1. The van der Waals surface area contributed by atoms with E-state index in [0.717, 1.165) is 71.2 Å². The van der Waals surface area contributed by atoms with E-state index in [0.29, 0.717) is 0 Å². The summed E-state index contributed by atoms with van der Waals surface area (Å²) in [4.78, 5) is 16.5. The number of carbonyl (C=O) groups excluding carboxylic acids is 1. The van der Waals surface area contributed by atoms with Gasteiger partial charge in [-0.3, -0.25) is 9.78 Å². The number of aromatic nitrogens is 1. The molecule has 0 saturated heterocycles. The molecule has 2 aliphatic rings. The third-order valence-electron chi connectivity index (χ3n) is 9.98. The molecule has 0 atom stereocenters. The Labute approximate surface area is 283 Å². The van der Waals surface area contributed by atoms with Crippen molar-refractivity contribution in [2.75, 3.05) is 0 Å². The molecule has 0 fully saturated rings.